The fourth-order valence-electron chi connectivity index (χ4n) is 3.42. The molecule has 5 nitrogen and oxygen atoms in total. The van der Waals surface area contributed by atoms with E-state index in [1.165, 1.54) is 12.1 Å². The molecule has 0 spiro atoms. The molecule has 0 N–H and O–H groups in total. The lowest BCUT2D eigenvalue weighted by Gasteiger charge is -2.35. The molecule has 0 saturated carbocycles. The number of hydrogen-bond donors (Lipinski definition) is 0. The molecule has 0 unspecified atom stereocenters. The smallest absolute Gasteiger partial charge is 0.372 e. The van der Waals surface area contributed by atoms with Crippen LogP contribution in [0.3, 0.4) is 0 Å². The maximum atomic E-state index is 12.8. The Kier molecular flexibility index (Phi) is 4.30. The summed E-state index contributed by atoms with van der Waals surface area (Å²) in [6, 6.07) is 8.80. The van der Waals surface area contributed by atoms with Crippen LogP contribution in [0.25, 0.3) is 16.9 Å². The van der Waals surface area contributed by atoms with E-state index in [4.69, 9.17) is 4.74 Å². The fourth-order valence-corrected chi connectivity index (χ4v) is 3.42. The first-order valence-electron chi connectivity index (χ1n) is 8.74. The summed E-state index contributed by atoms with van der Waals surface area (Å²) in [7, 11) is 0. The highest BCUT2D eigenvalue weighted by molar-refractivity contribution is 5.64. The van der Waals surface area contributed by atoms with E-state index in [1.54, 1.807) is 10.7 Å². The second kappa shape index (κ2) is 6.53. The first kappa shape index (κ1) is 17.8. The number of morpholine rings is 1. The van der Waals surface area contributed by atoms with Gasteiger partial charge in [-0.1, -0.05) is 12.1 Å². The summed E-state index contributed by atoms with van der Waals surface area (Å²) in [5, 5.41) is 4.68. The Balaban J connectivity index is 1.70. The number of imidazole rings is 1. The first-order chi connectivity index (χ1) is 12.8. The number of nitrogens with zero attached hydrogens (tertiary/aromatic N) is 4. The van der Waals surface area contributed by atoms with Crippen LogP contribution >= 0.6 is 0 Å². The first-order valence-corrected chi connectivity index (χ1v) is 8.74. The third kappa shape index (κ3) is 3.49. The van der Waals surface area contributed by atoms with Crippen LogP contribution < -0.4 is 4.90 Å². The standard InChI is InChI=1S/C19H19F3N4O/c1-12-10-25(11-13(2)27-12)18-8-7-17-23-9-16(26(17)24-18)14-3-5-15(6-4-14)19(20,21)22/h3-9,12-13H,10-11H2,1-2H3/t12-,13+. The molecule has 3 heterocycles. The maximum absolute atomic E-state index is 12.8. The van der Waals surface area contributed by atoms with Gasteiger partial charge in [-0.2, -0.15) is 13.2 Å². The third-order valence-corrected chi connectivity index (χ3v) is 4.60. The number of rotatable bonds is 2. The number of ether oxygens (including phenoxy) is 1. The van der Waals surface area contributed by atoms with Crippen LogP contribution in [0.4, 0.5) is 19.0 Å². The molecule has 0 bridgehead atoms. The van der Waals surface area contributed by atoms with E-state index in [1.807, 2.05) is 26.0 Å². The Labute approximate surface area is 154 Å². The van der Waals surface area contributed by atoms with Crippen LogP contribution in [-0.2, 0) is 10.9 Å². The Bertz CT molecular complexity index is 942. The van der Waals surface area contributed by atoms with E-state index in [0.717, 1.165) is 31.0 Å². The van der Waals surface area contributed by atoms with Crippen molar-refractivity contribution in [2.24, 2.45) is 0 Å². The van der Waals surface area contributed by atoms with Crippen molar-refractivity contribution < 1.29 is 17.9 Å². The summed E-state index contributed by atoms with van der Waals surface area (Å²) in [6.45, 7) is 5.50. The molecule has 1 aromatic carbocycles. The lowest BCUT2D eigenvalue weighted by molar-refractivity contribution is -0.137. The molecular formula is C19H19F3N4O. The van der Waals surface area contributed by atoms with Crippen molar-refractivity contribution in [3.8, 4) is 11.3 Å². The highest BCUT2D eigenvalue weighted by Crippen LogP contribution is 2.31. The lowest BCUT2D eigenvalue weighted by atomic mass is 10.1. The van der Waals surface area contributed by atoms with Crippen molar-refractivity contribution >= 4 is 11.5 Å². The highest BCUT2D eigenvalue weighted by Gasteiger charge is 2.30. The molecule has 3 aromatic rings. The number of halogens is 3. The van der Waals surface area contributed by atoms with E-state index in [0.29, 0.717) is 16.9 Å². The quantitative estimate of drug-likeness (QED) is 0.677. The molecule has 1 aliphatic heterocycles. The SMILES string of the molecule is C[C@@H]1CN(c2ccc3ncc(-c4ccc(C(F)(F)F)cc4)n3n2)C[C@H](C)O1. The van der Waals surface area contributed by atoms with Gasteiger partial charge in [0.2, 0.25) is 0 Å². The number of aromatic nitrogens is 3. The zero-order valence-electron chi connectivity index (χ0n) is 14.9. The average Bonchev–Trinajstić information content (AvgIpc) is 3.03. The summed E-state index contributed by atoms with van der Waals surface area (Å²) in [5.74, 6) is 0.788. The van der Waals surface area contributed by atoms with E-state index in [-0.39, 0.29) is 12.2 Å². The van der Waals surface area contributed by atoms with E-state index in [9.17, 15) is 13.2 Å². The molecule has 2 aromatic heterocycles. The van der Waals surface area contributed by atoms with Crippen molar-refractivity contribution in [1.82, 2.24) is 14.6 Å². The Morgan fingerprint density at radius 2 is 1.67 bits per heavy atom. The molecule has 8 heteroatoms. The predicted octanol–water partition coefficient (Wildman–Crippen LogP) is 4.03. The molecular weight excluding hydrogens is 357 g/mol. The third-order valence-electron chi connectivity index (χ3n) is 4.60. The second-order valence-corrected chi connectivity index (χ2v) is 6.84. The van der Waals surface area contributed by atoms with Crippen LogP contribution in [0.1, 0.15) is 19.4 Å². The topological polar surface area (TPSA) is 42.7 Å². The van der Waals surface area contributed by atoms with Crippen molar-refractivity contribution in [2.45, 2.75) is 32.2 Å². The highest BCUT2D eigenvalue weighted by atomic mass is 19.4. The zero-order chi connectivity index (χ0) is 19.2. The van der Waals surface area contributed by atoms with Gasteiger partial charge in [0.05, 0.1) is 29.7 Å². The minimum absolute atomic E-state index is 0.100. The van der Waals surface area contributed by atoms with Gasteiger partial charge in [0.25, 0.3) is 0 Å². The van der Waals surface area contributed by atoms with Crippen molar-refractivity contribution in [2.75, 3.05) is 18.0 Å². The summed E-state index contributed by atoms with van der Waals surface area (Å²) in [5.41, 5.74) is 1.24. The Morgan fingerprint density at radius 1 is 1.00 bits per heavy atom. The molecule has 4 rings (SSSR count). The Morgan fingerprint density at radius 3 is 2.30 bits per heavy atom. The van der Waals surface area contributed by atoms with Gasteiger partial charge in [0.1, 0.15) is 5.82 Å². The van der Waals surface area contributed by atoms with Gasteiger partial charge >= 0.3 is 6.18 Å². The van der Waals surface area contributed by atoms with Crippen LogP contribution in [-0.4, -0.2) is 39.9 Å². The van der Waals surface area contributed by atoms with Crippen molar-refractivity contribution in [3.63, 3.8) is 0 Å². The van der Waals surface area contributed by atoms with Crippen LogP contribution in [0.5, 0.6) is 0 Å². The van der Waals surface area contributed by atoms with Crippen LogP contribution in [0.15, 0.2) is 42.6 Å². The van der Waals surface area contributed by atoms with Gasteiger partial charge in [-0.25, -0.2) is 9.50 Å². The molecule has 0 amide bonds. The van der Waals surface area contributed by atoms with Gasteiger partial charge in [-0.05, 0) is 38.1 Å². The molecule has 1 aliphatic rings. The summed E-state index contributed by atoms with van der Waals surface area (Å²) < 4.78 is 45.8. The van der Waals surface area contributed by atoms with E-state index < -0.39 is 11.7 Å². The van der Waals surface area contributed by atoms with Crippen LogP contribution in [0, 0.1) is 0 Å². The van der Waals surface area contributed by atoms with Crippen molar-refractivity contribution in [1.29, 1.82) is 0 Å². The largest absolute Gasteiger partial charge is 0.416 e. The average molecular weight is 376 g/mol. The summed E-state index contributed by atoms with van der Waals surface area (Å²) in [4.78, 5) is 6.47. The molecule has 0 radical (unpaired) electrons. The van der Waals surface area contributed by atoms with Gasteiger partial charge in [-0.3, -0.25) is 0 Å². The number of anilines is 1. The number of fused-ring (bicyclic) bond motifs is 1. The molecule has 142 valence electrons. The normalized spacial score (nSPS) is 21.0. The van der Waals surface area contributed by atoms with Crippen LogP contribution in [0.2, 0.25) is 0 Å². The molecule has 1 saturated heterocycles. The second-order valence-electron chi connectivity index (χ2n) is 6.84. The van der Waals surface area contributed by atoms with Crippen molar-refractivity contribution in [3.05, 3.63) is 48.2 Å². The zero-order valence-corrected chi connectivity index (χ0v) is 14.9. The minimum atomic E-state index is -4.35. The molecule has 1 fully saturated rings. The molecule has 27 heavy (non-hydrogen) atoms. The minimum Gasteiger partial charge on any atom is -0.372 e. The number of alkyl halides is 3. The number of benzene rings is 1. The molecule has 0 aliphatic carbocycles. The maximum Gasteiger partial charge on any atom is 0.416 e. The Hall–Kier alpha value is -2.61. The number of hydrogen-bond acceptors (Lipinski definition) is 4. The lowest BCUT2D eigenvalue weighted by Crippen LogP contribution is -2.46. The van der Waals surface area contributed by atoms with E-state index >= 15 is 0 Å². The fraction of sp³-hybridized carbons (Fsp3) is 0.368. The molecule has 2 atom stereocenters. The van der Waals surface area contributed by atoms with Gasteiger partial charge in [0, 0.05) is 18.7 Å². The predicted molar refractivity (Wildman–Crippen MR) is 95.6 cm³/mol. The van der Waals surface area contributed by atoms with E-state index in [2.05, 4.69) is 15.0 Å². The summed E-state index contributed by atoms with van der Waals surface area (Å²) >= 11 is 0. The monoisotopic (exact) mass is 376 g/mol. The van der Waals surface area contributed by atoms with Gasteiger partial charge in [-0.15, -0.1) is 5.10 Å². The summed E-state index contributed by atoms with van der Waals surface area (Å²) in [6.07, 6.45) is -2.53. The van der Waals surface area contributed by atoms with Gasteiger partial charge in [0.15, 0.2) is 5.65 Å². The van der Waals surface area contributed by atoms with Gasteiger partial charge < -0.3 is 9.64 Å².